The first-order valence-corrected chi connectivity index (χ1v) is 6.22. The van der Waals surface area contributed by atoms with E-state index in [0.717, 1.165) is 5.57 Å². The highest BCUT2D eigenvalue weighted by Gasteiger charge is 2.46. The maximum Gasteiger partial charge on any atom is 0.112 e. The molecule has 1 aliphatic rings. The van der Waals surface area contributed by atoms with E-state index in [2.05, 4.69) is 41.5 Å². The van der Waals surface area contributed by atoms with Gasteiger partial charge < -0.3 is 10.2 Å². The zero-order valence-corrected chi connectivity index (χ0v) is 12.1. The molecule has 0 saturated heterocycles. The Morgan fingerprint density at radius 3 is 1.94 bits per heavy atom. The van der Waals surface area contributed by atoms with Gasteiger partial charge in [-0.2, -0.15) is 0 Å². The molecular formula is C15H26O2. The average Bonchev–Trinajstić information content (AvgIpc) is 2.04. The Hall–Kier alpha value is -0.760. The highest BCUT2D eigenvalue weighted by Crippen LogP contribution is 2.48. The van der Waals surface area contributed by atoms with E-state index in [0.29, 0.717) is 0 Å². The second-order valence-electron chi connectivity index (χ2n) is 7.39. The number of aliphatic hydroxyl groups excluding tert-OH is 1. The summed E-state index contributed by atoms with van der Waals surface area (Å²) in [4.78, 5) is 0. The molecule has 1 rings (SSSR count). The van der Waals surface area contributed by atoms with Gasteiger partial charge in [-0.25, -0.2) is 0 Å². The van der Waals surface area contributed by atoms with E-state index in [-0.39, 0.29) is 22.5 Å². The van der Waals surface area contributed by atoms with Crippen molar-refractivity contribution in [1.82, 2.24) is 0 Å². The Bertz CT molecular complexity index is 359. The molecule has 2 N–H and O–H groups in total. The number of aliphatic hydroxyl groups is 2. The third-order valence-electron chi connectivity index (χ3n) is 3.52. The summed E-state index contributed by atoms with van der Waals surface area (Å²) in [6.45, 7) is 14.3. The fourth-order valence-electron chi connectivity index (χ4n) is 2.91. The smallest absolute Gasteiger partial charge is 0.112 e. The minimum Gasteiger partial charge on any atom is -0.508 e. The summed E-state index contributed by atoms with van der Waals surface area (Å²) in [5.41, 5.74) is -0.273. The molecule has 0 heterocycles. The molecule has 0 aromatic carbocycles. The maximum atomic E-state index is 10.9. The maximum absolute atomic E-state index is 10.9. The van der Waals surface area contributed by atoms with Crippen molar-refractivity contribution in [2.75, 3.05) is 0 Å². The van der Waals surface area contributed by atoms with Crippen LogP contribution in [-0.4, -0.2) is 15.8 Å². The molecule has 0 fully saturated rings. The Kier molecular flexibility index (Phi) is 3.26. The molecule has 1 aliphatic carbocycles. The number of hydrogen-bond donors (Lipinski definition) is 2. The second kappa shape index (κ2) is 3.88. The van der Waals surface area contributed by atoms with Crippen molar-refractivity contribution < 1.29 is 10.2 Å². The minimum absolute atomic E-state index is 0.0887. The first-order chi connectivity index (χ1) is 7.37. The van der Waals surface area contributed by atoms with E-state index >= 15 is 0 Å². The van der Waals surface area contributed by atoms with Gasteiger partial charge >= 0.3 is 0 Å². The van der Waals surface area contributed by atoms with Crippen LogP contribution in [0.3, 0.4) is 0 Å². The van der Waals surface area contributed by atoms with Crippen molar-refractivity contribution in [2.45, 2.75) is 54.1 Å². The van der Waals surface area contributed by atoms with E-state index in [4.69, 9.17) is 0 Å². The van der Waals surface area contributed by atoms with Gasteiger partial charge in [0.05, 0.1) is 5.60 Å². The Balaban J connectivity index is 3.32. The fourth-order valence-corrected chi connectivity index (χ4v) is 2.91. The van der Waals surface area contributed by atoms with Gasteiger partial charge in [0, 0.05) is 5.92 Å². The largest absolute Gasteiger partial charge is 0.508 e. The van der Waals surface area contributed by atoms with Gasteiger partial charge in [-0.3, -0.25) is 0 Å². The van der Waals surface area contributed by atoms with Crippen molar-refractivity contribution in [3.63, 3.8) is 0 Å². The standard InChI is InChI=1S/C15H26O2/c1-13(2,3)11-8-10(16)9-12(14(4,5)6)15(11,7)17/h8-9,11,16-17H,1-7H3. The molecule has 0 saturated carbocycles. The summed E-state index contributed by atoms with van der Waals surface area (Å²) < 4.78 is 0. The van der Waals surface area contributed by atoms with Crippen LogP contribution in [0, 0.1) is 16.7 Å². The van der Waals surface area contributed by atoms with Crippen LogP contribution in [0.15, 0.2) is 23.5 Å². The topological polar surface area (TPSA) is 40.5 Å². The van der Waals surface area contributed by atoms with Gasteiger partial charge in [-0.15, -0.1) is 0 Å². The number of allylic oxidation sites excluding steroid dienone is 1. The average molecular weight is 238 g/mol. The molecule has 98 valence electrons. The first-order valence-electron chi connectivity index (χ1n) is 6.22. The Morgan fingerprint density at radius 1 is 1.12 bits per heavy atom. The van der Waals surface area contributed by atoms with E-state index in [1.165, 1.54) is 0 Å². The van der Waals surface area contributed by atoms with Crippen LogP contribution >= 0.6 is 0 Å². The van der Waals surface area contributed by atoms with Crippen LogP contribution in [0.5, 0.6) is 0 Å². The second-order valence-corrected chi connectivity index (χ2v) is 7.39. The SMILES string of the molecule is CC(C)(C)C1=CC(O)=CC(C(C)(C)C)C1(C)O. The lowest BCUT2D eigenvalue weighted by atomic mass is 9.61. The third-order valence-corrected chi connectivity index (χ3v) is 3.52. The van der Waals surface area contributed by atoms with Crippen molar-refractivity contribution in [3.8, 4) is 0 Å². The van der Waals surface area contributed by atoms with Crippen LogP contribution in [0.2, 0.25) is 0 Å². The molecule has 2 atom stereocenters. The van der Waals surface area contributed by atoms with Crippen LogP contribution in [0.25, 0.3) is 0 Å². The molecule has 0 aromatic rings. The molecular weight excluding hydrogens is 212 g/mol. The molecule has 2 heteroatoms. The van der Waals surface area contributed by atoms with E-state index in [1.807, 2.05) is 6.92 Å². The lowest BCUT2D eigenvalue weighted by Crippen LogP contribution is -2.47. The molecule has 0 aromatic heterocycles. The van der Waals surface area contributed by atoms with Crippen molar-refractivity contribution in [3.05, 3.63) is 23.5 Å². The van der Waals surface area contributed by atoms with Gasteiger partial charge in [0.25, 0.3) is 0 Å². The normalized spacial score (nSPS) is 30.9. The fraction of sp³-hybridized carbons (Fsp3) is 0.733. The van der Waals surface area contributed by atoms with E-state index in [9.17, 15) is 10.2 Å². The molecule has 0 amide bonds. The van der Waals surface area contributed by atoms with E-state index in [1.54, 1.807) is 12.2 Å². The molecule has 17 heavy (non-hydrogen) atoms. The Labute approximate surface area is 105 Å². The van der Waals surface area contributed by atoms with Crippen LogP contribution in [0.4, 0.5) is 0 Å². The molecule has 0 spiro atoms. The highest BCUT2D eigenvalue weighted by molar-refractivity contribution is 5.37. The van der Waals surface area contributed by atoms with Crippen molar-refractivity contribution >= 4 is 0 Å². The summed E-state index contributed by atoms with van der Waals surface area (Å²) in [5, 5.41) is 20.7. The van der Waals surface area contributed by atoms with Crippen molar-refractivity contribution in [2.24, 2.45) is 16.7 Å². The molecule has 2 unspecified atom stereocenters. The van der Waals surface area contributed by atoms with Gasteiger partial charge in [0.2, 0.25) is 0 Å². The van der Waals surface area contributed by atoms with E-state index < -0.39 is 5.60 Å². The predicted octanol–water partition coefficient (Wildman–Crippen LogP) is 3.83. The highest BCUT2D eigenvalue weighted by atomic mass is 16.3. The van der Waals surface area contributed by atoms with Crippen LogP contribution in [-0.2, 0) is 0 Å². The summed E-state index contributed by atoms with van der Waals surface area (Å²) in [7, 11) is 0. The summed E-state index contributed by atoms with van der Waals surface area (Å²) >= 11 is 0. The molecule has 0 bridgehead atoms. The van der Waals surface area contributed by atoms with Gasteiger partial charge in [-0.05, 0) is 35.5 Å². The minimum atomic E-state index is -0.914. The lowest BCUT2D eigenvalue weighted by molar-refractivity contribution is -0.0102. The molecule has 0 aliphatic heterocycles. The zero-order valence-electron chi connectivity index (χ0n) is 12.1. The van der Waals surface area contributed by atoms with Gasteiger partial charge in [0.15, 0.2) is 0 Å². The monoisotopic (exact) mass is 238 g/mol. The van der Waals surface area contributed by atoms with Gasteiger partial charge in [-0.1, -0.05) is 41.5 Å². The number of rotatable bonds is 0. The lowest BCUT2D eigenvalue weighted by Gasteiger charge is -2.47. The number of hydrogen-bond acceptors (Lipinski definition) is 2. The molecule has 0 radical (unpaired) electrons. The summed E-state index contributed by atoms with van der Waals surface area (Å²) in [5.74, 6) is 0.176. The van der Waals surface area contributed by atoms with Crippen LogP contribution < -0.4 is 0 Å². The summed E-state index contributed by atoms with van der Waals surface area (Å²) in [6.07, 6.45) is 3.48. The predicted molar refractivity (Wildman–Crippen MR) is 71.8 cm³/mol. The van der Waals surface area contributed by atoms with Crippen LogP contribution in [0.1, 0.15) is 48.5 Å². The third kappa shape index (κ3) is 2.74. The van der Waals surface area contributed by atoms with Gasteiger partial charge in [0.1, 0.15) is 5.76 Å². The zero-order chi connectivity index (χ0) is 13.6. The Morgan fingerprint density at radius 2 is 1.59 bits per heavy atom. The molecule has 2 nitrogen and oxygen atoms in total. The van der Waals surface area contributed by atoms with Crippen molar-refractivity contribution in [1.29, 1.82) is 0 Å². The quantitative estimate of drug-likeness (QED) is 0.673. The first kappa shape index (κ1) is 14.3. The summed E-state index contributed by atoms with van der Waals surface area (Å²) in [6, 6.07) is 0.